The van der Waals surface area contributed by atoms with Crippen LogP contribution in [0.5, 0.6) is 0 Å². The van der Waals surface area contributed by atoms with Gasteiger partial charge in [-0.15, -0.1) is 0 Å². The first-order chi connectivity index (χ1) is 9.38. The van der Waals surface area contributed by atoms with Gasteiger partial charge < -0.3 is 5.32 Å². The number of allylic oxidation sites excluding steroid dienone is 1. The number of alkyl halides is 3. The molecule has 0 saturated heterocycles. The van der Waals surface area contributed by atoms with E-state index in [1.807, 2.05) is 12.2 Å². The lowest BCUT2D eigenvalue weighted by Gasteiger charge is -2.13. The highest BCUT2D eigenvalue weighted by Crippen LogP contribution is 2.30. The fraction of sp³-hybridized carbons (Fsp3) is 0.417. The molecule has 1 aromatic rings. The molecule has 0 fully saturated rings. The van der Waals surface area contributed by atoms with Gasteiger partial charge in [-0.05, 0) is 30.4 Å². The Labute approximate surface area is 118 Å². The highest BCUT2D eigenvalue weighted by atomic mass is 35.5. The zero-order chi connectivity index (χ0) is 14.8. The molecule has 1 amide bonds. The van der Waals surface area contributed by atoms with E-state index in [9.17, 15) is 18.0 Å². The molecule has 8 heteroatoms. The summed E-state index contributed by atoms with van der Waals surface area (Å²) in [7, 11) is 0. The molecular weight excluding hydrogens is 295 g/mol. The number of carbonyl (C=O) groups excluding carboxylic acids is 1. The van der Waals surface area contributed by atoms with Gasteiger partial charge in [0.05, 0.1) is 5.56 Å². The van der Waals surface area contributed by atoms with Crippen LogP contribution >= 0.6 is 11.6 Å². The molecule has 0 spiro atoms. The van der Waals surface area contributed by atoms with Crippen LogP contribution in [0.4, 0.5) is 13.2 Å². The number of nitrogens with zero attached hydrogens (tertiary/aromatic N) is 2. The molecule has 0 bridgehead atoms. The summed E-state index contributed by atoms with van der Waals surface area (Å²) in [6.45, 7) is 0.287. The summed E-state index contributed by atoms with van der Waals surface area (Å²) >= 11 is 5.35. The van der Waals surface area contributed by atoms with E-state index in [2.05, 4.69) is 15.3 Å². The predicted molar refractivity (Wildman–Crippen MR) is 66.2 cm³/mol. The maximum absolute atomic E-state index is 12.8. The molecule has 1 N–H and O–H groups in total. The highest BCUT2D eigenvalue weighted by molar-refractivity contribution is 6.28. The SMILES string of the molecule is O=C(NCC1C=CCC1)c1cnc(Cl)nc1C(F)(F)F. The number of hydrogen-bond acceptors (Lipinski definition) is 3. The third-order valence-corrected chi connectivity index (χ3v) is 3.09. The second-order valence-electron chi connectivity index (χ2n) is 4.37. The van der Waals surface area contributed by atoms with Crippen LogP contribution in [0.2, 0.25) is 5.28 Å². The number of amides is 1. The standard InChI is InChI=1S/C12H11ClF3N3O/c13-11-18-6-8(9(19-11)12(14,15)16)10(20)17-5-7-3-1-2-4-7/h1,3,6-7H,2,4-5H2,(H,17,20). The third kappa shape index (κ3) is 3.47. The maximum atomic E-state index is 12.8. The minimum absolute atomic E-state index is 0.154. The number of nitrogens with one attached hydrogen (secondary N) is 1. The van der Waals surface area contributed by atoms with E-state index in [1.54, 1.807) is 0 Å². The van der Waals surface area contributed by atoms with E-state index in [0.29, 0.717) is 0 Å². The number of carbonyl (C=O) groups is 1. The average Bonchev–Trinajstić information content (AvgIpc) is 2.88. The van der Waals surface area contributed by atoms with Gasteiger partial charge in [-0.2, -0.15) is 13.2 Å². The molecule has 0 radical (unpaired) electrons. The van der Waals surface area contributed by atoms with Gasteiger partial charge in [0.15, 0.2) is 5.69 Å². The first-order valence-electron chi connectivity index (χ1n) is 5.92. The van der Waals surface area contributed by atoms with Crippen molar-refractivity contribution in [3.8, 4) is 0 Å². The van der Waals surface area contributed by atoms with E-state index >= 15 is 0 Å². The van der Waals surface area contributed by atoms with Crippen molar-refractivity contribution in [3.05, 3.63) is 34.9 Å². The van der Waals surface area contributed by atoms with Crippen molar-refractivity contribution in [2.45, 2.75) is 19.0 Å². The summed E-state index contributed by atoms with van der Waals surface area (Å²) in [6, 6.07) is 0. The molecule has 1 aliphatic carbocycles. The summed E-state index contributed by atoms with van der Waals surface area (Å²) in [6.07, 6.45) is 1.74. The van der Waals surface area contributed by atoms with E-state index in [4.69, 9.17) is 11.6 Å². The first kappa shape index (κ1) is 14.8. The number of hydrogen-bond donors (Lipinski definition) is 1. The molecule has 108 valence electrons. The van der Waals surface area contributed by atoms with Gasteiger partial charge in [0.25, 0.3) is 5.91 Å². The summed E-state index contributed by atoms with van der Waals surface area (Å²) < 4.78 is 38.4. The summed E-state index contributed by atoms with van der Waals surface area (Å²) in [4.78, 5) is 18.4. The predicted octanol–water partition coefficient (Wildman–Crippen LogP) is 2.84. The average molecular weight is 306 g/mol. The van der Waals surface area contributed by atoms with Gasteiger partial charge >= 0.3 is 6.18 Å². The monoisotopic (exact) mass is 305 g/mol. The number of rotatable bonds is 3. The van der Waals surface area contributed by atoms with Gasteiger partial charge in [-0.3, -0.25) is 4.79 Å². The minimum Gasteiger partial charge on any atom is -0.351 e. The molecule has 0 saturated carbocycles. The van der Waals surface area contributed by atoms with Crippen LogP contribution in [0.25, 0.3) is 0 Å². The van der Waals surface area contributed by atoms with Crippen molar-refractivity contribution < 1.29 is 18.0 Å². The molecule has 2 rings (SSSR count). The molecule has 0 aliphatic heterocycles. The van der Waals surface area contributed by atoms with Crippen molar-refractivity contribution in [3.63, 3.8) is 0 Å². The Balaban J connectivity index is 2.14. The minimum atomic E-state index is -4.76. The van der Waals surface area contributed by atoms with E-state index in [-0.39, 0.29) is 12.5 Å². The highest BCUT2D eigenvalue weighted by Gasteiger charge is 2.38. The van der Waals surface area contributed by atoms with Crippen LogP contribution in [0.15, 0.2) is 18.3 Å². The Morgan fingerprint density at radius 3 is 2.85 bits per heavy atom. The largest absolute Gasteiger partial charge is 0.434 e. The lowest BCUT2D eigenvalue weighted by atomic mass is 10.1. The normalized spacial score (nSPS) is 18.3. The van der Waals surface area contributed by atoms with Gasteiger partial charge in [-0.25, -0.2) is 9.97 Å². The second-order valence-corrected chi connectivity index (χ2v) is 4.71. The number of halogens is 4. The van der Waals surface area contributed by atoms with Crippen LogP contribution < -0.4 is 5.32 Å². The zero-order valence-corrected chi connectivity index (χ0v) is 11.0. The van der Waals surface area contributed by atoms with Crippen molar-refractivity contribution >= 4 is 17.5 Å². The zero-order valence-electron chi connectivity index (χ0n) is 10.2. The van der Waals surface area contributed by atoms with Crippen molar-refractivity contribution in [2.75, 3.05) is 6.54 Å². The molecule has 1 aromatic heterocycles. The second kappa shape index (κ2) is 5.78. The van der Waals surface area contributed by atoms with Gasteiger partial charge in [0.1, 0.15) is 0 Å². The quantitative estimate of drug-likeness (QED) is 0.690. The molecule has 1 aliphatic rings. The van der Waals surface area contributed by atoms with Crippen molar-refractivity contribution in [1.29, 1.82) is 0 Å². The van der Waals surface area contributed by atoms with E-state index < -0.39 is 28.6 Å². The lowest BCUT2D eigenvalue weighted by molar-refractivity contribution is -0.141. The van der Waals surface area contributed by atoms with Crippen LogP contribution in [-0.4, -0.2) is 22.4 Å². The van der Waals surface area contributed by atoms with Crippen LogP contribution in [-0.2, 0) is 6.18 Å². The van der Waals surface area contributed by atoms with Crippen molar-refractivity contribution in [2.24, 2.45) is 5.92 Å². The van der Waals surface area contributed by atoms with Gasteiger partial charge in [0, 0.05) is 12.7 Å². The molecule has 1 unspecified atom stereocenters. The van der Waals surface area contributed by atoms with Crippen molar-refractivity contribution in [1.82, 2.24) is 15.3 Å². The Morgan fingerprint density at radius 1 is 1.50 bits per heavy atom. The van der Waals surface area contributed by atoms with Crippen LogP contribution in [0, 0.1) is 5.92 Å². The molecule has 1 atom stereocenters. The van der Waals surface area contributed by atoms with Crippen LogP contribution in [0.3, 0.4) is 0 Å². The molecule has 4 nitrogen and oxygen atoms in total. The fourth-order valence-electron chi connectivity index (χ4n) is 1.93. The van der Waals surface area contributed by atoms with Gasteiger partial charge in [-0.1, -0.05) is 12.2 Å². The Kier molecular flexibility index (Phi) is 4.27. The third-order valence-electron chi connectivity index (χ3n) is 2.91. The summed E-state index contributed by atoms with van der Waals surface area (Å²) in [5.74, 6) is -0.698. The summed E-state index contributed by atoms with van der Waals surface area (Å²) in [5.41, 5.74) is -1.94. The number of aromatic nitrogens is 2. The van der Waals surface area contributed by atoms with Gasteiger partial charge in [0.2, 0.25) is 5.28 Å². The Morgan fingerprint density at radius 2 is 2.25 bits per heavy atom. The smallest absolute Gasteiger partial charge is 0.351 e. The van der Waals surface area contributed by atoms with Crippen LogP contribution in [0.1, 0.15) is 28.9 Å². The summed E-state index contributed by atoms with van der Waals surface area (Å²) in [5, 5.41) is 1.91. The lowest BCUT2D eigenvalue weighted by Crippen LogP contribution is -2.30. The maximum Gasteiger partial charge on any atom is 0.434 e. The van der Waals surface area contributed by atoms with E-state index in [0.717, 1.165) is 19.0 Å². The molecule has 1 heterocycles. The first-order valence-corrected chi connectivity index (χ1v) is 6.30. The molecular formula is C12H11ClF3N3O. The fourth-order valence-corrected chi connectivity index (χ4v) is 2.06. The Hall–Kier alpha value is -1.63. The molecule has 20 heavy (non-hydrogen) atoms. The topological polar surface area (TPSA) is 54.9 Å². The Bertz CT molecular complexity index is 545. The molecule has 0 aromatic carbocycles. The van der Waals surface area contributed by atoms with E-state index in [1.165, 1.54) is 0 Å².